The maximum absolute atomic E-state index is 11.1. The molecule has 10 heteroatoms. The summed E-state index contributed by atoms with van der Waals surface area (Å²) in [7, 11) is 0. The van der Waals surface area contributed by atoms with Crippen LogP contribution in [0.25, 0.3) is 20.4 Å². The second kappa shape index (κ2) is 6.71. The zero-order valence-corrected chi connectivity index (χ0v) is 16.1. The number of nitrogens with one attached hydrogen (secondary N) is 1. The Morgan fingerprint density at radius 3 is 2.27 bits per heavy atom. The van der Waals surface area contributed by atoms with Crippen LogP contribution >= 0.6 is 66.1 Å². The molecule has 4 rings (SSSR count). The summed E-state index contributed by atoms with van der Waals surface area (Å²) in [6, 6.07) is 3.69. The number of hydrogen-bond donors (Lipinski definition) is 1. The van der Waals surface area contributed by atoms with E-state index in [9.17, 15) is 4.79 Å². The lowest BCUT2D eigenvalue weighted by Gasteiger charge is -1.87. The zero-order valence-electron chi connectivity index (χ0n) is 10.5. The van der Waals surface area contributed by atoms with E-state index < -0.39 is 0 Å². The maximum atomic E-state index is 11.1. The number of hydrogen-bond acceptors (Lipinski definition) is 6. The summed E-state index contributed by atoms with van der Waals surface area (Å²) in [5.41, 5.74) is -0.0862. The third-order valence-corrected chi connectivity index (χ3v) is 5.95. The molecular formula is C12H5Br2ClN4OS2. The number of H-pyrrole nitrogens is 1. The van der Waals surface area contributed by atoms with Gasteiger partial charge in [-0.2, -0.15) is 0 Å². The van der Waals surface area contributed by atoms with E-state index in [0.29, 0.717) is 10.5 Å². The maximum Gasteiger partial charge on any atom is 0.259 e. The van der Waals surface area contributed by atoms with Crippen molar-refractivity contribution in [1.82, 2.24) is 19.9 Å². The monoisotopic (exact) mass is 478 g/mol. The van der Waals surface area contributed by atoms with Crippen molar-refractivity contribution in [3.8, 4) is 0 Å². The molecule has 112 valence electrons. The van der Waals surface area contributed by atoms with Gasteiger partial charge in [0.1, 0.15) is 21.1 Å². The molecule has 0 unspecified atom stereocenters. The van der Waals surface area contributed by atoms with Crippen molar-refractivity contribution in [2.24, 2.45) is 0 Å². The van der Waals surface area contributed by atoms with Crippen LogP contribution in [0.5, 0.6) is 0 Å². The molecule has 0 bridgehead atoms. The highest BCUT2D eigenvalue weighted by molar-refractivity contribution is 9.11. The third-order valence-electron chi connectivity index (χ3n) is 2.56. The zero-order chi connectivity index (χ0) is 15.7. The Labute approximate surface area is 153 Å². The number of fused-ring (bicyclic) bond motifs is 2. The van der Waals surface area contributed by atoms with Crippen LogP contribution in [0.2, 0.25) is 5.15 Å². The first-order chi connectivity index (χ1) is 10.5. The van der Waals surface area contributed by atoms with E-state index in [1.165, 1.54) is 24.0 Å². The molecule has 0 aliphatic heterocycles. The van der Waals surface area contributed by atoms with Gasteiger partial charge in [0, 0.05) is 5.39 Å². The Morgan fingerprint density at radius 2 is 1.64 bits per heavy atom. The number of thiophene rings is 2. The molecular weight excluding hydrogens is 476 g/mol. The summed E-state index contributed by atoms with van der Waals surface area (Å²) in [6.45, 7) is 0. The summed E-state index contributed by atoms with van der Waals surface area (Å²) < 4.78 is 1.95. The Bertz CT molecular complexity index is 1010. The van der Waals surface area contributed by atoms with Gasteiger partial charge in [0.25, 0.3) is 5.56 Å². The quantitative estimate of drug-likeness (QED) is 0.365. The molecule has 1 N–H and O–H groups in total. The predicted molar refractivity (Wildman–Crippen MR) is 98.1 cm³/mol. The molecule has 0 saturated heterocycles. The minimum Gasteiger partial charge on any atom is -0.313 e. The highest BCUT2D eigenvalue weighted by atomic mass is 79.9. The van der Waals surface area contributed by atoms with Crippen molar-refractivity contribution in [2.75, 3.05) is 0 Å². The second-order valence-corrected chi connectivity index (χ2v) is 9.11. The lowest BCUT2D eigenvalue weighted by atomic mass is 10.4. The molecule has 0 aliphatic rings. The average Bonchev–Trinajstić information content (AvgIpc) is 3.03. The average molecular weight is 481 g/mol. The van der Waals surface area contributed by atoms with E-state index in [2.05, 4.69) is 51.8 Å². The molecule has 5 nitrogen and oxygen atoms in total. The molecule has 4 heterocycles. The molecule has 22 heavy (non-hydrogen) atoms. The molecule has 0 radical (unpaired) electrons. The fraction of sp³-hybridized carbons (Fsp3) is 0. The van der Waals surface area contributed by atoms with Gasteiger partial charge in [-0.1, -0.05) is 11.6 Å². The highest BCUT2D eigenvalue weighted by Crippen LogP contribution is 2.31. The number of rotatable bonds is 0. The highest BCUT2D eigenvalue weighted by Gasteiger charge is 2.04. The van der Waals surface area contributed by atoms with Crippen molar-refractivity contribution in [3.05, 3.63) is 47.9 Å². The SMILES string of the molecule is Clc1ncnc2sc(Br)cc12.O=c1[nH]cnc2sc(Br)cc12. The fourth-order valence-electron chi connectivity index (χ4n) is 1.64. The first-order valence-electron chi connectivity index (χ1n) is 5.73. The Hall–Kier alpha value is -0.870. The van der Waals surface area contributed by atoms with Crippen LogP contribution < -0.4 is 5.56 Å². The van der Waals surface area contributed by atoms with Crippen LogP contribution in [0.4, 0.5) is 0 Å². The third kappa shape index (κ3) is 3.38. The Morgan fingerprint density at radius 1 is 1.00 bits per heavy atom. The minimum absolute atomic E-state index is 0.0862. The van der Waals surface area contributed by atoms with Gasteiger partial charge in [-0.15, -0.1) is 22.7 Å². The Balaban J connectivity index is 0.000000131. The molecule has 0 aromatic carbocycles. The van der Waals surface area contributed by atoms with Crippen LogP contribution in [-0.2, 0) is 0 Å². The van der Waals surface area contributed by atoms with E-state index >= 15 is 0 Å². The first kappa shape index (κ1) is 16.0. The normalized spacial score (nSPS) is 10.7. The van der Waals surface area contributed by atoms with Gasteiger partial charge < -0.3 is 4.98 Å². The summed E-state index contributed by atoms with van der Waals surface area (Å²) in [6.07, 6.45) is 2.88. The summed E-state index contributed by atoms with van der Waals surface area (Å²) >= 11 is 15.4. The lowest BCUT2D eigenvalue weighted by Crippen LogP contribution is -2.03. The molecule has 0 atom stereocenters. The van der Waals surface area contributed by atoms with E-state index in [4.69, 9.17) is 11.6 Å². The lowest BCUT2D eigenvalue weighted by molar-refractivity contribution is 1.18. The van der Waals surface area contributed by atoms with Gasteiger partial charge in [-0.05, 0) is 44.0 Å². The number of aromatic amines is 1. The summed E-state index contributed by atoms with van der Waals surface area (Å²) in [5.74, 6) is 0. The van der Waals surface area contributed by atoms with Gasteiger partial charge >= 0.3 is 0 Å². The van der Waals surface area contributed by atoms with E-state index in [-0.39, 0.29) is 5.56 Å². The van der Waals surface area contributed by atoms with Crippen LogP contribution in [0.3, 0.4) is 0 Å². The van der Waals surface area contributed by atoms with Crippen molar-refractivity contribution >= 4 is 86.6 Å². The summed E-state index contributed by atoms with van der Waals surface area (Å²) in [5, 5.41) is 2.06. The number of nitrogens with zero attached hydrogens (tertiary/aromatic N) is 3. The number of halogens is 3. The van der Waals surface area contributed by atoms with Gasteiger partial charge in [-0.25, -0.2) is 15.0 Å². The topological polar surface area (TPSA) is 71.5 Å². The molecule has 0 aliphatic carbocycles. The largest absolute Gasteiger partial charge is 0.313 e. The van der Waals surface area contributed by atoms with Gasteiger partial charge in [0.05, 0.1) is 19.3 Å². The van der Waals surface area contributed by atoms with Crippen molar-refractivity contribution in [3.63, 3.8) is 0 Å². The van der Waals surface area contributed by atoms with Crippen LogP contribution in [0.1, 0.15) is 0 Å². The number of aromatic nitrogens is 4. The van der Waals surface area contributed by atoms with Crippen molar-refractivity contribution < 1.29 is 0 Å². The molecule has 4 aromatic rings. The van der Waals surface area contributed by atoms with Gasteiger partial charge in [0.2, 0.25) is 0 Å². The van der Waals surface area contributed by atoms with Crippen LogP contribution in [0, 0.1) is 0 Å². The molecule has 0 spiro atoms. The molecule has 4 aromatic heterocycles. The van der Waals surface area contributed by atoms with Gasteiger partial charge in [0.15, 0.2) is 0 Å². The minimum atomic E-state index is -0.0862. The van der Waals surface area contributed by atoms with E-state index in [0.717, 1.165) is 22.6 Å². The second-order valence-electron chi connectivity index (χ2n) is 3.93. The van der Waals surface area contributed by atoms with Crippen molar-refractivity contribution in [2.45, 2.75) is 0 Å². The standard InChI is InChI=1S/C6H2BrClN2S.C6H3BrN2OS/c7-4-1-3-5(8)9-2-10-6(3)11-4;7-4-1-3-5(10)8-2-9-6(3)11-4/h1-2H;1-2H,(H,8,9,10). The molecule has 0 fully saturated rings. The first-order valence-corrected chi connectivity index (χ1v) is 9.32. The van der Waals surface area contributed by atoms with Gasteiger partial charge in [-0.3, -0.25) is 4.79 Å². The fourth-order valence-corrected chi connectivity index (χ4v) is 4.71. The van der Waals surface area contributed by atoms with E-state index in [1.54, 1.807) is 17.4 Å². The molecule has 0 saturated carbocycles. The van der Waals surface area contributed by atoms with Crippen molar-refractivity contribution in [1.29, 1.82) is 0 Å². The molecule has 0 amide bonds. The van der Waals surface area contributed by atoms with Crippen LogP contribution in [-0.4, -0.2) is 19.9 Å². The smallest absolute Gasteiger partial charge is 0.259 e. The Kier molecular flexibility index (Phi) is 4.88. The predicted octanol–water partition coefficient (Wildman–Crippen LogP) is 4.85. The van der Waals surface area contributed by atoms with E-state index in [1.807, 2.05) is 6.07 Å². The summed E-state index contributed by atoms with van der Waals surface area (Å²) in [4.78, 5) is 27.2. The van der Waals surface area contributed by atoms with Crippen LogP contribution in [0.15, 0.2) is 37.2 Å².